The first-order chi connectivity index (χ1) is 11.4. The van der Waals surface area contributed by atoms with E-state index < -0.39 is 6.61 Å². The zero-order valence-electron chi connectivity index (χ0n) is 13.9. The van der Waals surface area contributed by atoms with Crippen LogP contribution in [0.25, 0.3) is 0 Å². The third-order valence-corrected chi connectivity index (χ3v) is 4.53. The van der Waals surface area contributed by atoms with Crippen molar-refractivity contribution in [3.8, 4) is 5.75 Å². The molecule has 1 fully saturated rings. The van der Waals surface area contributed by atoms with Gasteiger partial charge in [-0.1, -0.05) is 0 Å². The molecule has 1 aliphatic heterocycles. The average molecular weight is 342 g/mol. The van der Waals surface area contributed by atoms with Gasteiger partial charge >= 0.3 is 6.61 Å². The maximum absolute atomic E-state index is 12.3. The quantitative estimate of drug-likeness (QED) is 0.834. The fourth-order valence-electron chi connectivity index (χ4n) is 2.92. The summed E-state index contributed by atoms with van der Waals surface area (Å²) in [5.41, 5.74) is 0.535. The molecule has 1 aromatic carbocycles. The minimum absolute atomic E-state index is 0.0521. The summed E-state index contributed by atoms with van der Waals surface area (Å²) in [5.74, 6) is 0.197. The van der Waals surface area contributed by atoms with Crippen LogP contribution in [0.15, 0.2) is 24.3 Å². The number of piperidine rings is 1. The maximum Gasteiger partial charge on any atom is 0.387 e. The van der Waals surface area contributed by atoms with Crippen molar-refractivity contribution in [3.63, 3.8) is 0 Å². The first-order valence-corrected chi connectivity index (χ1v) is 8.14. The van der Waals surface area contributed by atoms with Crippen molar-refractivity contribution < 1.29 is 23.4 Å². The van der Waals surface area contributed by atoms with Gasteiger partial charge in [-0.25, -0.2) is 0 Å². The number of nitrogens with one attached hydrogen (secondary N) is 1. The highest BCUT2D eigenvalue weighted by atomic mass is 19.3. The number of amides is 1. The molecule has 7 heteroatoms. The van der Waals surface area contributed by atoms with Gasteiger partial charge in [-0.05, 0) is 70.0 Å². The Kier molecular flexibility index (Phi) is 6.51. The molecule has 2 atom stereocenters. The summed E-state index contributed by atoms with van der Waals surface area (Å²) < 4.78 is 28.5. The van der Waals surface area contributed by atoms with Crippen molar-refractivity contribution in [1.29, 1.82) is 0 Å². The van der Waals surface area contributed by atoms with Crippen LogP contribution in [0.4, 0.5) is 14.5 Å². The summed E-state index contributed by atoms with van der Waals surface area (Å²) in [6.45, 7) is 2.32. The van der Waals surface area contributed by atoms with Crippen molar-refractivity contribution >= 4 is 11.6 Å². The number of anilines is 1. The number of aliphatic hydroxyl groups is 1. The van der Waals surface area contributed by atoms with Gasteiger partial charge in [0.1, 0.15) is 5.75 Å². The monoisotopic (exact) mass is 342 g/mol. The Bertz CT molecular complexity index is 529. The normalized spacial score (nSPS) is 19.1. The number of likely N-dealkylation sites (tertiary alicyclic amines) is 1. The third kappa shape index (κ3) is 5.14. The van der Waals surface area contributed by atoms with Crippen LogP contribution in [0.1, 0.15) is 26.7 Å². The Balaban J connectivity index is 1.85. The van der Waals surface area contributed by atoms with Crippen LogP contribution >= 0.6 is 0 Å². The predicted molar refractivity (Wildman–Crippen MR) is 87.1 cm³/mol. The van der Waals surface area contributed by atoms with Gasteiger partial charge < -0.3 is 15.2 Å². The van der Waals surface area contributed by atoms with E-state index >= 15 is 0 Å². The van der Waals surface area contributed by atoms with Crippen molar-refractivity contribution in [2.75, 3.05) is 18.4 Å². The molecule has 0 radical (unpaired) electrons. The van der Waals surface area contributed by atoms with Crippen LogP contribution < -0.4 is 10.1 Å². The zero-order chi connectivity index (χ0) is 17.7. The Morgan fingerprint density at radius 1 is 1.25 bits per heavy atom. The topological polar surface area (TPSA) is 61.8 Å². The molecule has 2 unspecified atom stereocenters. The van der Waals surface area contributed by atoms with Crippen molar-refractivity contribution in [1.82, 2.24) is 4.90 Å². The predicted octanol–water partition coefficient (Wildman–Crippen LogP) is 2.71. The molecule has 0 aliphatic carbocycles. The number of benzene rings is 1. The summed E-state index contributed by atoms with van der Waals surface area (Å²) in [6.07, 6.45) is 1.43. The van der Waals surface area contributed by atoms with Crippen molar-refractivity contribution in [3.05, 3.63) is 24.3 Å². The van der Waals surface area contributed by atoms with Crippen LogP contribution in [-0.2, 0) is 4.79 Å². The molecule has 24 heavy (non-hydrogen) atoms. The fraction of sp³-hybridized carbons (Fsp3) is 0.588. The first kappa shape index (κ1) is 18.6. The largest absolute Gasteiger partial charge is 0.435 e. The van der Waals surface area contributed by atoms with E-state index in [9.17, 15) is 18.7 Å². The van der Waals surface area contributed by atoms with Gasteiger partial charge in [-0.15, -0.1) is 0 Å². The summed E-state index contributed by atoms with van der Waals surface area (Å²) in [7, 11) is 0. The number of carbonyl (C=O) groups excluding carboxylic acids is 1. The van der Waals surface area contributed by atoms with Gasteiger partial charge in [-0.3, -0.25) is 9.69 Å². The van der Waals surface area contributed by atoms with E-state index in [2.05, 4.69) is 15.0 Å². The summed E-state index contributed by atoms with van der Waals surface area (Å²) in [5, 5.41) is 12.4. The Hall–Kier alpha value is -1.73. The first-order valence-electron chi connectivity index (χ1n) is 8.14. The second-order valence-corrected chi connectivity index (χ2v) is 6.18. The zero-order valence-corrected chi connectivity index (χ0v) is 13.9. The molecule has 0 bridgehead atoms. The highest BCUT2D eigenvalue weighted by Crippen LogP contribution is 2.23. The van der Waals surface area contributed by atoms with E-state index in [4.69, 9.17) is 0 Å². The number of aliphatic hydroxyl groups excluding tert-OH is 1. The molecule has 1 aromatic rings. The van der Waals surface area contributed by atoms with Crippen LogP contribution in [0.3, 0.4) is 0 Å². The second kappa shape index (κ2) is 8.39. The highest BCUT2D eigenvalue weighted by molar-refractivity contribution is 5.94. The van der Waals surface area contributed by atoms with Gasteiger partial charge in [0.05, 0.1) is 12.1 Å². The standard InChI is InChI=1S/C17H24F2N2O3/c1-11(21-9-7-13(8-10-21)12(2)22)16(23)20-14-3-5-15(6-4-14)24-17(18)19/h3-6,11-13,17,22H,7-10H2,1-2H3,(H,20,23). The minimum Gasteiger partial charge on any atom is -0.435 e. The molecule has 134 valence electrons. The van der Waals surface area contributed by atoms with E-state index in [1.807, 2.05) is 6.92 Å². The van der Waals surface area contributed by atoms with Gasteiger partial charge in [0.2, 0.25) is 5.91 Å². The SMILES string of the molecule is CC(O)C1CCN(C(C)C(=O)Nc2ccc(OC(F)F)cc2)CC1. The van der Waals surface area contributed by atoms with Gasteiger partial charge in [0.15, 0.2) is 0 Å². The van der Waals surface area contributed by atoms with Crippen LogP contribution in [0, 0.1) is 5.92 Å². The molecule has 2 rings (SSSR count). The van der Waals surface area contributed by atoms with Gasteiger partial charge in [-0.2, -0.15) is 8.78 Å². The van der Waals surface area contributed by atoms with Gasteiger partial charge in [0, 0.05) is 5.69 Å². The molecule has 0 saturated carbocycles. The molecule has 2 N–H and O–H groups in total. The van der Waals surface area contributed by atoms with Crippen molar-refractivity contribution in [2.45, 2.75) is 45.4 Å². The van der Waals surface area contributed by atoms with Crippen LogP contribution in [0.2, 0.25) is 0 Å². The maximum atomic E-state index is 12.3. The van der Waals surface area contributed by atoms with Crippen LogP contribution in [0.5, 0.6) is 5.75 Å². The molecule has 1 heterocycles. The Morgan fingerprint density at radius 3 is 2.33 bits per heavy atom. The lowest BCUT2D eigenvalue weighted by molar-refractivity contribution is -0.121. The molecule has 1 saturated heterocycles. The number of rotatable bonds is 6. The molecule has 0 aromatic heterocycles. The number of ether oxygens (including phenoxy) is 1. The summed E-state index contributed by atoms with van der Waals surface area (Å²) >= 11 is 0. The molecular weight excluding hydrogens is 318 g/mol. The Labute approximate surface area is 140 Å². The summed E-state index contributed by atoms with van der Waals surface area (Å²) in [4.78, 5) is 14.4. The molecule has 1 amide bonds. The fourth-order valence-corrected chi connectivity index (χ4v) is 2.92. The van der Waals surface area contributed by atoms with Crippen LogP contribution in [-0.4, -0.2) is 47.8 Å². The van der Waals surface area contributed by atoms with Gasteiger partial charge in [0.25, 0.3) is 0 Å². The number of nitrogens with zero attached hydrogens (tertiary/aromatic N) is 1. The Morgan fingerprint density at radius 2 is 1.83 bits per heavy atom. The second-order valence-electron chi connectivity index (χ2n) is 6.18. The number of carbonyl (C=O) groups is 1. The van der Waals surface area contributed by atoms with Crippen molar-refractivity contribution in [2.24, 2.45) is 5.92 Å². The highest BCUT2D eigenvalue weighted by Gasteiger charge is 2.28. The molecule has 0 spiro atoms. The summed E-state index contributed by atoms with van der Waals surface area (Å²) in [6, 6.07) is 5.54. The van der Waals surface area contributed by atoms with E-state index in [1.54, 1.807) is 6.92 Å². The third-order valence-electron chi connectivity index (χ3n) is 4.53. The lowest BCUT2D eigenvalue weighted by atomic mass is 9.91. The minimum atomic E-state index is -2.87. The van der Waals surface area contributed by atoms with E-state index in [-0.39, 0.29) is 23.8 Å². The average Bonchev–Trinajstić information content (AvgIpc) is 2.55. The van der Waals surface area contributed by atoms with E-state index in [0.29, 0.717) is 11.6 Å². The number of halogens is 2. The smallest absolute Gasteiger partial charge is 0.387 e. The number of hydrogen-bond donors (Lipinski definition) is 2. The molecular formula is C17H24F2N2O3. The molecule has 5 nitrogen and oxygen atoms in total. The lowest BCUT2D eigenvalue weighted by Crippen LogP contribution is -2.47. The lowest BCUT2D eigenvalue weighted by Gasteiger charge is -2.36. The number of alkyl halides is 2. The van der Waals surface area contributed by atoms with E-state index in [1.165, 1.54) is 24.3 Å². The number of hydrogen-bond acceptors (Lipinski definition) is 4. The molecule has 1 aliphatic rings. The van der Waals surface area contributed by atoms with E-state index in [0.717, 1.165) is 25.9 Å².